The maximum absolute atomic E-state index is 15.9. The zero-order valence-electron chi connectivity index (χ0n) is 24.8. The van der Waals surface area contributed by atoms with Gasteiger partial charge in [-0.3, -0.25) is 4.79 Å². The smallest absolute Gasteiger partial charge is 0.492 e. The Morgan fingerprint density at radius 2 is 1.30 bits per heavy atom. The summed E-state index contributed by atoms with van der Waals surface area (Å²) < 4.78 is 102. The summed E-state index contributed by atoms with van der Waals surface area (Å²) in [6.07, 6.45) is -4.42. The molecule has 1 amide bonds. The van der Waals surface area contributed by atoms with Gasteiger partial charge in [-0.05, 0) is 48.5 Å². The summed E-state index contributed by atoms with van der Waals surface area (Å²) in [5.74, 6) is -0.490. The Morgan fingerprint density at radius 1 is 0.745 bits per heavy atom. The average Bonchev–Trinajstić information content (AvgIpc) is 3.03. The number of alkyl halides is 5. The molecule has 0 spiro atoms. The van der Waals surface area contributed by atoms with Crippen molar-refractivity contribution in [3.05, 3.63) is 114 Å². The third-order valence-corrected chi connectivity index (χ3v) is 8.40. The van der Waals surface area contributed by atoms with Gasteiger partial charge in [0.05, 0.1) is 12.1 Å². The molecule has 3 N–H and O–H groups in total. The van der Waals surface area contributed by atoms with Gasteiger partial charge in [-0.15, -0.1) is 0 Å². The van der Waals surface area contributed by atoms with Gasteiger partial charge in [0.1, 0.15) is 29.4 Å². The van der Waals surface area contributed by atoms with Gasteiger partial charge < -0.3 is 29.7 Å². The van der Waals surface area contributed by atoms with E-state index in [0.29, 0.717) is 0 Å². The Kier molecular flexibility index (Phi) is 11.5. The number of halogens is 5. The molecule has 4 aromatic carbocycles. The summed E-state index contributed by atoms with van der Waals surface area (Å²) in [6, 6.07) is 22.4. The lowest BCUT2D eigenvalue weighted by Crippen LogP contribution is -2.27. The lowest BCUT2D eigenvalue weighted by Gasteiger charge is -2.27. The Balaban J connectivity index is 1.48. The molecule has 0 atom stereocenters. The number of carbonyl (C=O) groups excluding carboxylic acids is 1. The van der Waals surface area contributed by atoms with Crippen LogP contribution in [0.15, 0.2) is 103 Å². The van der Waals surface area contributed by atoms with Crippen LogP contribution in [0.2, 0.25) is 0 Å². The molecule has 47 heavy (non-hydrogen) atoms. The molecule has 0 saturated carbocycles. The number of anilines is 2. The van der Waals surface area contributed by atoms with Crippen molar-refractivity contribution in [1.29, 1.82) is 0 Å². The molecule has 0 saturated heterocycles. The minimum absolute atomic E-state index is 0.00914. The highest BCUT2D eigenvalue weighted by molar-refractivity contribution is 7.55. The monoisotopic (exact) mass is 693 g/mol. The Morgan fingerprint density at radius 3 is 1.83 bits per heavy atom. The van der Waals surface area contributed by atoms with Crippen molar-refractivity contribution >= 4 is 39.3 Å². The van der Waals surface area contributed by atoms with E-state index in [-0.39, 0.29) is 59.6 Å². The molecule has 0 radical (unpaired) electrons. The molecule has 0 aliphatic heterocycles. The van der Waals surface area contributed by atoms with Crippen LogP contribution < -0.4 is 29.7 Å². The van der Waals surface area contributed by atoms with Gasteiger partial charge >= 0.3 is 19.4 Å². The van der Waals surface area contributed by atoms with Crippen molar-refractivity contribution in [1.82, 2.24) is 5.32 Å². The van der Waals surface area contributed by atoms with Crippen molar-refractivity contribution in [2.45, 2.75) is 25.2 Å². The first-order valence-corrected chi connectivity index (χ1v) is 16.2. The van der Waals surface area contributed by atoms with Crippen LogP contribution >= 0.6 is 16.5 Å². The summed E-state index contributed by atoms with van der Waals surface area (Å²) in [6.45, 7) is 1.70. The molecule has 8 nitrogen and oxygen atoms in total. The van der Waals surface area contributed by atoms with E-state index in [4.69, 9.17) is 13.8 Å². The molecule has 0 bridgehead atoms. The SMILES string of the molecule is CCC(=O)NCCOc1cc(NC(=P)Nc2ccc(C(F)(F)P(=O)(Oc3ccccc3)Oc3ccccc3)cc2)cc(C(F)(F)F)c1. The molecule has 248 valence electrons. The molecule has 0 unspecified atom stereocenters. The van der Waals surface area contributed by atoms with E-state index in [9.17, 15) is 22.5 Å². The summed E-state index contributed by atoms with van der Waals surface area (Å²) >= 11 is 0. The maximum atomic E-state index is 15.9. The molecule has 0 aromatic heterocycles. The highest BCUT2D eigenvalue weighted by atomic mass is 31.2. The minimum Gasteiger partial charge on any atom is -0.492 e. The summed E-state index contributed by atoms with van der Waals surface area (Å²) in [5, 5.41) is 8.10. The van der Waals surface area contributed by atoms with Gasteiger partial charge in [-0.1, -0.05) is 64.3 Å². The lowest BCUT2D eigenvalue weighted by molar-refractivity contribution is -0.137. The van der Waals surface area contributed by atoms with E-state index in [1.54, 1.807) is 19.1 Å². The quantitative estimate of drug-likeness (QED) is 0.0651. The topological polar surface area (TPSA) is 97.9 Å². The molecule has 0 heterocycles. The maximum Gasteiger partial charge on any atom is 0.504 e. The second-order valence-electron chi connectivity index (χ2n) is 9.85. The van der Waals surface area contributed by atoms with Gasteiger partial charge in [0, 0.05) is 29.4 Å². The minimum atomic E-state index is -5.22. The largest absolute Gasteiger partial charge is 0.504 e. The second kappa shape index (κ2) is 15.3. The van der Waals surface area contributed by atoms with Crippen LogP contribution in [0.4, 0.5) is 33.3 Å². The zero-order chi connectivity index (χ0) is 34.1. The van der Waals surface area contributed by atoms with Crippen LogP contribution in [0.1, 0.15) is 24.5 Å². The van der Waals surface area contributed by atoms with Gasteiger partial charge in [-0.25, -0.2) is 4.57 Å². The third-order valence-electron chi connectivity index (χ3n) is 6.30. The second-order valence-corrected chi connectivity index (χ2v) is 12.3. The summed E-state index contributed by atoms with van der Waals surface area (Å²) in [5.41, 5.74) is -5.46. The molecule has 0 aliphatic rings. The molecule has 0 fully saturated rings. The van der Waals surface area contributed by atoms with Crippen molar-refractivity contribution < 1.29 is 45.1 Å². The number of ether oxygens (including phenoxy) is 1. The Hall–Kier alpha value is -4.60. The van der Waals surface area contributed by atoms with Gasteiger partial charge in [-0.2, -0.15) is 22.0 Å². The molecule has 4 rings (SSSR count). The molecule has 15 heteroatoms. The Bertz CT molecular complexity index is 1660. The van der Waals surface area contributed by atoms with Gasteiger partial charge in [0.15, 0.2) is 0 Å². The fourth-order valence-corrected chi connectivity index (χ4v) is 5.83. The van der Waals surface area contributed by atoms with Crippen molar-refractivity contribution in [2.75, 3.05) is 23.8 Å². The van der Waals surface area contributed by atoms with Crippen LogP contribution in [0.3, 0.4) is 0 Å². The number of benzene rings is 4. The molecule has 4 aromatic rings. The number of hydrogen-bond acceptors (Lipinski definition) is 5. The van der Waals surface area contributed by atoms with Crippen LogP contribution in [0, 0.1) is 0 Å². The van der Waals surface area contributed by atoms with E-state index >= 15 is 8.78 Å². The van der Waals surface area contributed by atoms with Crippen molar-refractivity contribution in [2.24, 2.45) is 0 Å². The van der Waals surface area contributed by atoms with Gasteiger partial charge in [0.2, 0.25) is 5.91 Å². The predicted octanol–water partition coefficient (Wildman–Crippen LogP) is 8.77. The van der Waals surface area contributed by atoms with E-state index in [1.807, 2.05) is 0 Å². The number of para-hydroxylation sites is 2. The first-order valence-electron chi connectivity index (χ1n) is 14.1. The Labute approximate surface area is 270 Å². The molecular formula is C32H30F5N3O5P2. The van der Waals surface area contributed by atoms with E-state index in [1.165, 1.54) is 66.7 Å². The van der Waals surface area contributed by atoms with Crippen LogP contribution in [0.5, 0.6) is 17.2 Å². The first-order chi connectivity index (χ1) is 22.3. The van der Waals surface area contributed by atoms with Crippen LogP contribution in [-0.4, -0.2) is 24.6 Å². The summed E-state index contributed by atoms with van der Waals surface area (Å²) in [4.78, 5) is 11.4. The predicted molar refractivity (Wildman–Crippen MR) is 173 cm³/mol. The first kappa shape index (κ1) is 35.3. The zero-order valence-corrected chi connectivity index (χ0v) is 26.7. The number of nitrogens with one attached hydrogen (secondary N) is 3. The molecule has 0 aliphatic carbocycles. The average molecular weight is 694 g/mol. The van der Waals surface area contributed by atoms with Crippen molar-refractivity contribution in [3.63, 3.8) is 0 Å². The standard InChI is InChI=1S/C32H30F5N3O5P2/c1-2-29(41)38-17-18-43-28-20-23(31(33,34)35)19-25(21-28)40-30(46)39-24-15-13-22(14-16-24)32(36,37)47(42,44-26-9-5-3-6-10-26)45-27-11-7-4-8-12-27/h3-16,19-21,39-40,46H,2,17-18H2,1H3,(H,38,41). The van der Waals surface area contributed by atoms with E-state index in [0.717, 1.165) is 24.3 Å². The fourth-order valence-electron chi connectivity index (χ4n) is 4.01. The lowest BCUT2D eigenvalue weighted by atomic mass is 10.2. The van der Waals surface area contributed by atoms with Crippen molar-refractivity contribution in [3.8, 4) is 17.2 Å². The van der Waals surface area contributed by atoms with Gasteiger partial charge in [0.25, 0.3) is 0 Å². The fraction of sp³-hybridized carbons (Fsp3) is 0.188. The number of carbonyl (C=O) groups is 1. The van der Waals surface area contributed by atoms with E-state index < -0.39 is 30.6 Å². The van der Waals surface area contributed by atoms with Crippen LogP contribution in [0.25, 0.3) is 0 Å². The number of amides is 1. The normalized spacial score (nSPS) is 11.7. The van der Waals surface area contributed by atoms with Crippen LogP contribution in [-0.2, 0) is 21.2 Å². The van der Waals surface area contributed by atoms with E-state index in [2.05, 4.69) is 24.8 Å². The number of hydrogen-bond donors (Lipinski definition) is 3. The highest BCUT2D eigenvalue weighted by Gasteiger charge is 2.58. The highest BCUT2D eigenvalue weighted by Crippen LogP contribution is 2.65. The summed E-state index contributed by atoms with van der Waals surface area (Å²) in [7, 11) is -1.97. The number of rotatable bonds is 15. The molecular weight excluding hydrogens is 663 g/mol. The third kappa shape index (κ3) is 9.70.